The maximum atomic E-state index is 11.3. The van der Waals surface area contributed by atoms with Gasteiger partial charge in [-0.05, 0) is 22.6 Å². The van der Waals surface area contributed by atoms with Crippen molar-refractivity contribution in [2.24, 2.45) is 0 Å². The summed E-state index contributed by atoms with van der Waals surface area (Å²) >= 11 is 1.96. The van der Waals surface area contributed by atoms with Crippen LogP contribution in [0.3, 0.4) is 0 Å². The number of carbonyl (C=O) groups is 1. The quantitative estimate of drug-likeness (QED) is 0.653. The Morgan fingerprint density at radius 1 is 1.57 bits per heavy atom. The fourth-order valence-electron chi connectivity index (χ4n) is 0.939. The molecule has 1 rings (SSSR count). The van der Waals surface area contributed by atoms with E-state index in [1.807, 2.05) is 22.6 Å². The van der Waals surface area contributed by atoms with Crippen LogP contribution in [0.2, 0.25) is 0 Å². The molecule has 0 atom stereocenters. The average molecular weight is 308 g/mol. The third-order valence-electron chi connectivity index (χ3n) is 1.61. The van der Waals surface area contributed by atoms with Crippen LogP contribution >= 0.6 is 22.6 Å². The minimum Gasteiger partial charge on any atom is -0.495 e. The van der Waals surface area contributed by atoms with Gasteiger partial charge in [0.25, 0.3) is 0 Å². The number of anilines is 1. The number of carbonyl (C=O) groups excluding carboxylic acids is 1. The Morgan fingerprint density at radius 2 is 2.21 bits per heavy atom. The van der Waals surface area contributed by atoms with Gasteiger partial charge in [0.15, 0.2) is 5.75 Å². The number of hydrogen-bond donors (Lipinski definition) is 1. The SMILES string of the molecule is COC(=O)c1cnc(N)c(I)c1OC. The number of pyridine rings is 1. The van der Waals surface area contributed by atoms with Crippen molar-refractivity contribution in [1.29, 1.82) is 0 Å². The van der Waals surface area contributed by atoms with E-state index in [1.165, 1.54) is 20.4 Å². The van der Waals surface area contributed by atoms with Crippen LogP contribution in [-0.2, 0) is 4.74 Å². The third kappa shape index (κ3) is 1.89. The van der Waals surface area contributed by atoms with E-state index >= 15 is 0 Å². The number of esters is 1. The molecule has 0 saturated carbocycles. The molecule has 0 aliphatic heterocycles. The van der Waals surface area contributed by atoms with Gasteiger partial charge < -0.3 is 15.2 Å². The Kier molecular flexibility index (Phi) is 3.50. The Labute approximate surface area is 94.7 Å². The summed E-state index contributed by atoms with van der Waals surface area (Å²) in [5, 5.41) is 0. The number of nitrogens with zero attached hydrogens (tertiary/aromatic N) is 1. The van der Waals surface area contributed by atoms with Crippen LogP contribution in [0.25, 0.3) is 0 Å². The molecule has 5 nitrogen and oxygen atoms in total. The van der Waals surface area contributed by atoms with Crippen molar-refractivity contribution in [2.75, 3.05) is 20.0 Å². The van der Waals surface area contributed by atoms with Gasteiger partial charge in [-0.15, -0.1) is 0 Å². The van der Waals surface area contributed by atoms with Gasteiger partial charge in [-0.2, -0.15) is 0 Å². The summed E-state index contributed by atoms with van der Waals surface area (Å²) < 4.78 is 10.2. The summed E-state index contributed by atoms with van der Waals surface area (Å²) in [5.74, 6) is 0.229. The molecular weight excluding hydrogens is 299 g/mol. The van der Waals surface area contributed by atoms with Crippen molar-refractivity contribution in [1.82, 2.24) is 4.98 Å². The van der Waals surface area contributed by atoms with Gasteiger partial charge in [0.1, 0.15) is 11.4 Å². The molecule has 14 heavy (non-hydrogen) atoms. The number of nitrogens with two attached hydrogens (primary N) is 1. The summed E-state index contributed by atoms with van der Waals surface area (Å²) in [6, 6.07) is 0. The van der Waals surface area contributed by atoms with Crippen LogP contribution in [0, 0.1) is 3.57 Å². The Morgan fingerprint density at radius 3 is 2.71 bits per heavy atom. The predicted molar refractivity (Wildman–Crippen MR) is 59.3 cm³/mol. The number of rotatable bonds is 2. The van der Waals surface area contributed by atoms with Gasteiger partial charge in [0.05, 0.1) is 17.8 Å². The number of hydrogen-bond acceptors (Lipinski definition) is 5. The molecule has 0 fully saturated rings. The zero-order chi connectivity index (χ0) is 10.7. The largest absolute Gasteiger partial charge is 0.495 e. The molecule has 1 aromatic rings. The Hall–Kier alpha value is -1.05. The zero-order valence-corrected chi connectivity index (χ0v) is 9.86. The summed E-state index contributed by atoms with van der Waals surface area (Å²) in [7, 11) is 2.76. The van der Waals surface area contributed by atoms with Crippen molar-refractivity contribution in [3.63, 3.8) is 0 Å². The topological polar surface area (TPSA) is 74.4 Å². The van der Waals surface area contributed by atoms with Gasteiger partial charge in [-0.25, -0.2) is 9.78 Å². The van der Waals surface area contributed by atoms with Gasteiger partial charge in [0, 0.05) is 6.20 Å². The van der Waals surface area contributed by atoms with Crippen molar-refractivity contribution in [2.45, 2.75) is 0 Å². The molecule has 1 heterocycles. The molecule has 0 radical (unpaired) electrons. The molecule has 0 aliphatic carbocycles. The smallest absolute Gasteiger partial charge is 0.343 e. The number of ether oxygens (including phenoxy) is 2. The van der Waals surface area contributed by atoms with Crippen LogP contribution in [0.5, 0.6) is 5.75 Å². The lowest BCUT2D eigenvalue weighted by Crippen LogP contribution is -2.08. The van der Waals surface area contributed by atoms with Gasteiger partial charge >= 0.3 is 5.97 Å². The summed E-state index contributed by atoms with van der Waals surface area (Å²) in [6.45, 7) is 0. The molecule has 0 bridgehead atoms. The lowest BCUT2D eigenvalue weighted by molar-refractivity contribution is 0.0596. The number of aromatic nitrogens is 1. The van der Waals surface area contributed by atoms with Crippen molar-refractivity contribution >= 4 is 34.4 Å². The lowest BCUT2D eigenvalue weighted by Gasteiger charge is -2.09. The van der Waals surface area contributed by atoms with E-state index in [4.69, 9.17) is 10.5 Å². The molecule has 6 heteroatoms. The van der Waals surface area contributed by atoms with E-state index in [-0.39, 0.29) is 5.56 Å². The first kappa shape index (κ1) is 11.0. The monoisotopic (exact) mass is 308 g/mol. The highest BCUT2D eigenvalue weighted by molar-refractivity contribution is 14.1. The highest BCUT2D eigenvalue weighted by Crippen LogP contribution is 2.28. The van der Waals surface area contributed by atoms with E-state index in [1.54, 1.807) is 0 Å². The third-order valence-corrected chi connectivity index (χ3v) is 2.65. The molecule has 0 spiro atoms. The van der Waals surface area contributed by atoms with Gasteiger partial charge in [-0.3, -0.25) is 0 Å². The van der Waals surface area contributed by atoms with Crippen LogP contribution in [0.15, 0.2) is 6.20 Å². The zero-order valence-electron chi connectivity index (χ0n) is 7.70. The van der Waals surface area contributed by atoms with E-state index in [2.05, 4.69) is 9.72 Å². The van der Waals surface area contributed by atoms with Gasteiger partial charge in [-0.1, -0.05) is 0 Å². The van der Waals surface area contributed by atoms with Crippen LogP contribution in [-0.4, -0.2) is 25.2 Å². The van der Waals surface area contributed by atoms with Gasteiger partial charge in [0.2, 0.25) is 0 Å². The minimum absolute atomic E-state index is 0.272. The number of methoxy groups -OCH3 is 2. The predicted octanol–water partition coefficient (Wildman–Crippen LogP) is 1.06. The second-order valence-electron chi connectivity index (χ2n) is 2.40. The average Bonchev–Trinajstić information content (AvgIpc) is 2.20. The lowest BCUT2D eigenvalue weighted by atomic mass is 10.2. The molecule has 1 aromatic heterocycles. The number of halogens is 1. The van der Waals surface area contributed by atoms with Crippen molar-refractivity contribution in [3.8, 4) is 5.75 Å². The van der Waals surface area contributed by atoms with E-state index in [9.17, 15) is 4.79 Å². The summed E-state index contributed by atoms with van der Waals surface area (Å²) in [4.78, 5) is 15.1. The fourth-order valence-corrected chi connectivity index (χ4v) is 1.59. The highest BCUT2D eigenvalue weighted by Gasteiger charge is 2.17. The maximum absolute atomic E-state index is 11.3. The summed E-state index contributed by atoms with van der Waals surface area (Å²) in [5.41, 5.74) is 5.83. The van der Waals surface area contributed by atoms with E-state index < -0.39 is 5.97 Å². The van der Waals surface area contributed by atoms with E-state index in [0.717, 1.165) is 0 Å². The maximum Gasteiger partial charge on any atom is 0.343 e. The molecule has 0 saturated heterocycles. The molecule has 2 N–H and O–H groups in total. The molecule has 0 unspecified atom stereocenters. The second kappa shape index (κ2) is 4.45. The van der Waals surface area contributed by atoms with Crippen LogP contribution in [0.1, 0.15) is 10.4 Å². The minimum atomic E-state index is -0.493. The van der Waals surface area contributed by atoms with Crippen molar-refractivity contribution in [3.05, 3.63) is 15.3 Å². The van der Waals surface area contributed by atoms with Crippen molar-refractivity contribution < 1.29 is 14.3 Å². The molecule has 0 aromatic carbocycles. The molecular formula is C8H9IN2O3. The normalized spacial score (nSPS) is 9.64. The first-order chi connectivity index (χ1) is 6.61. The standard InChI is InChI=1S/C8H9IN2O3/c1-13-6-4(8(12)14-2)3-11-7(10)5(6)9/h3H,1-2H3,(H2,10,11). The first-order valence-electron chi connectivity index (χ1n) is 3.68. The second-order valence-corrected chi connectivity index (χ2v) is 3.47. The Balaban J connectivity index is 3.31. The first-order valence-corrected chi connectivity index (χ1v) is 4.76. The number of nitrogen functional groups attached to an aromatic ring is 1. The molecule has 0 amide bonds. The summed E-state index contributed by atoms with van der Waals surface area (Å²) in [6.07, 6.45) is 1.34. The van der Waals surface area contributed by atoms with E-state index in [0.29, 0.717) is 15.1 Å². The molecule has 0 aliphatic rings. The van der Waals surface area contributed by atoms with Crippen LogP contribution in [0.4, 0.5) is 5.82 Å². The van der Waals surface area contributed by atoms with Crippen LogP contribution < -0.4 is 10.5 Å². The Bertz CT molecular complexity index is 368. The fraction of sp³-hybridized carbons (Fsp3) is 0.250. The highest BCUT2D eigenvalue weighted by atomic mass is 127. The molecule has 76 valence electrons.